The summed E-state index contributed by atoms with van der Waals surface area (Å²) in [6, 6.07) is 10.0. The Kier molecular flexibility index (Phi) is 7.51. The van der Waals surface area contributed by atoms with Gasteiger partial charge in [-0.2, -0.15) is 0 Å². The molecule has 0 spiro atoms. The van der Waals surface area contributed by atoms with E-state index in [1.807, 2.05) is 0 Å². The predicted octanol–water partition coefficient (Wildman–Crippen LogP) is 2.71. The van der Waals surface area contributed by atoms with Crippen molar-refractivity contribution in [2.45, 2.75) is 38.2 Å². The summed E-state index contributed by atoms with van der Waals surface area (Å²) in [6.07, 6.45) is -1.18. The minimum Gasteiger partial charge on any atom is -0.459 e. The molecule has 3 rings (SSSR count). The maximum Gasteiger partial charge on any atom is 0.410 e. The number of likely N-dealkylation sites (tertiary alicyclic amines) is 1. The lowest BCUT2D eigenvalue weighted by molar-refractivity contribution is -0.385. The first-order valence-electron chi connectivity index (χ1n) is 9.99. The normalized spacial score (nSPS) is 17.8. The number of esters is 1. The molecule has 1 heterocycles. The number of nitrogens with zero attached hydrogens (tertiary/aromatic N) is 3. The summed E-state index contributed by atoms with van der Waals surface area (Å²) in [6.45, 7) is -0.425. The lowest BCUT2D eigenvalue weighted by atomic mass is 10.0. The van der Waals surface area contributed by atoms with Crippen LogP contribution in [0.3, 0.4) is 0 Å². The van der Waals surface area contributed by atoms with Crippen LogP contribution in [0, 0.1) is 20.2 Å². The Hall–Kier alpha value is -4.06. The molecule has 0 radical (unpaired) electrons. The summed E-state index contributed by atoms with van der Waals surface area (Å²) in [5, 5.41) is 31.4. The van der Waals surface area contributed by atoms with Crippen molar-refractivity contribution in [3.05, 3.63) is 79.9 Å². The largest absolute Gasteiger partial charge is 0.459 e. The predicted molar refractivity (Wildman–Crippen MR) is 112 cm³/mol. The third kappa shape index (κ3) is 6.23. The first-order chi connectivity index (χ1) is 15.7. The highest BCUT2D eigenvalue weighted by atomic mass is 16.6. The average Bonchev–Trinajstić information content (AvgIpc) is 2.81. The topological polar surface area (TPSA) is 162 Å². The number of carbonyl (C=O) groups excluding carboxylic acids is 2. The van der Waals surface area contributed by atoms with E-state index in [1.165, 1.54) is 48.5 Å². The highest BCUT2D eigenvalue weighted by Gasteiger charge is 2.37. The minimum atomic E-state index is -0.962. The van der Waals surface area contributed by atoms with E-state index in [-0.39, 0.29) is 37.6 Å². The molecule has 0 aliphatic carbocycles. The zero-order valence-corrected chi connectivity index (χ0v) is 17.4. The van der Waals surface area contributed by atoms with Crippen LogP contribution in [0.15, 0.2) is 48.5 Å². The SMILES string of the molecule is O=C(OCc1ccc([N+](=O)[O-])cc1)[C@@H]1CC[C@@H](O)CN1C(=O)OCc1ccc([N+](=O)[O-])cc1. The van der Waals surface area contributed by atoms with Gasteiger partial charge in [0.15, 0.2) is 0 Å². The number of rotatable bonds is 7. The van der Waals surface area contributed by atoms with Crippen LogP contribution in [-0.4, -0.2) is 50.6 Å². The number of nitro benzene ring substituents is 2. The summed E-state index contributed by atoms with van der Waals surface area (Å²) in [4.78, 5) is 46.7. The molecule has 1 saturated heterocycles. The van der Waals surface area contributed by atoms with Crippen molar-refractivity contribution >= 4 is 23.4 Å². The van der Waals surface area contributed by atoms with Gasteiger partial charge in [0.2, 0.25) is 0 Å². The monoisotopic (exact) mass is 459 g/mol. The van der Waals surface area contributed by atoms with Crippen molar-refractivity contribution in [2.24, 2.45) is 0 Å². The molecule has 0 unspecified atom stereocenters. The van der Waals surface area contributed by atoms with Gasteiger partial charge in [0.25, 0.3) is 11.4 Å². The van der Waals surface area contributed by atoms with Crippen molar-refractivity contribution in [1.82, 2.24) is 4.90 Å². The van der Waals surface area contributed by atoms with Gasteiger partial charge in [-0.15, -0.1) is 0 Å². The molecule has 12 heteroatoms. The van der Waals surface area contributed by atoms with Crippen LogP contribution in [-0.2, 0) is 27.5 Å². The standard InChI is InChI=1S/C21H21N3O9/c25-18-9-10-19(20(26)32-12-14-1-5-16(6-2-14)23(28)29)22(11-18)21(27)33-13-15-3-7-17(8-4-15)24(30)31/h1-8,18-19,25H,9-13H2/t18-,19+/m1/s1. The highest BCUT2D eigenvalue weighted by Crippen LogP contribution is 2.22. The molecule has 2 aromatic rings. The Morgan fingerprint density at radius 1 is 0.879 bits per heavy atom. The van der Waals surface area contributed by atoms with Gasteiger partial charge in [-0.05, 0) is 48.2 Å². The van der Waals surface area contributed by atoms with Crippen LogP contribution in [0.4, 0.5) is 16.2 Å². The third-order valence-electron chi connectivity index (χ3n) is 5.10. The summed E-state index contributed by atoms with van der Waals surface area (Å²) >= 11 is 0. The van der Waals surface area contributed by atoms with E-state index >= 15 is 0 Å². The van der Waals surface area contributed by atoms with Gasteiger partial charge in [0, 0.05) is 24.3 Å². The van der Waals surface area contributed by atoms with E-state index < -0.39 is 34.1 Å². The van der Waals surface area contributed by atoms with Crippen LogP contribution in [0.25, 0.3) is 0 Å². The van der Waals surface area contributed by atoms with E-state index in [2.05, 4.69) is 0 Å². The van der Waals surface area contributed by atoms with Gasteiger partial charge in [0.05, 0.1) is 22.5 Å². The Balaban J connectivity index is 1.58. The molecule has 1 aliphatic heterocycles. The molecule has 0 saturated carbocycles. The van der Waals surface area contributed by atoms with Crippen LogP contribution in [0.5, 0.6) is 0 Å². The first-order valence-corrected chi connectivity index (χ1v) is 9.99. The second-order valence-corrected chi connectivity index (χ2v) is 7.41. The number of aliphatic hydroxyl groups excluding tert-OH is 1. The smallest absolute Gasteiger partial charge is 0.410 e. The van der Waals surface area contributed by atoms with Crippen LogP contribution in [0.1, 0.15) is 24.0 Å². The van der Waals surface area contributed by atoms with E-state index in [9.17, 15) is 34.9 Å². The fraction of sp³-hybridized carbons (Fsp3) is 0.333. The Morgan fingerprint density at radius 3 is 1.85 bits per heavy atom. The van der Waals surface area contributed by atoms with Gasteiger partial charge >= 0.3 is 12.1 Å². The number of aliphatic hydroxyl groups is 1. The molecule has 1 fully saturated rings. The number of hydrogen-bond acceptors (Lipinski definition) is 9. The maximum atomic E-state index is 12.6. The second-order valence-electron chi connectivity index (χ2n) is 7.41. The Bertz CT molecular complexity index is 1020. The fourth-order valence-corrected chi connectivity index (χ4v) is 3.30. The molecule has 2 atom stereocenters. The average molecular weight is 459 g/mol. The van der Waals surface area contributed by atoms with E-state index in [0.717, 1.165) is 4.90 Å². The van der Waals surface area contributed by atoms with Gasteiger partial charge in [-0.25, -0.2) is 9.59 Å². The maximum absolute atomic E-state index is 12.6. The second kappa shape index (κ2) is 10.5. The number of hydrogen-bond donors (Lipinski definition) is 1. The number of benzene rings is 2. The molecule has 2 aromatic carbocycles. The summed E-state index contributed by atoms with van der Waals surface area (Å²) < 4.78 is 10.5. The molecular weight excluding hydrogens is 438 g/mol. The van der Waals surface area contributed by atoms with E-state index in [0.29, 0.717) is 17.5 Å². The van der Waals surface area contributed by atoms with Gasteiger partial charge < -0.3 is 14.6 Å². The third-order valence-corrected chi connectivity index (χ3v) is 5.10. The van der Waals surface area contributed by atoms with Crippen molar-refractivity contribution in [3.63, 3.8) is 0 Å². The number of piperidine rings is 1. The van der Waals surface area contributed by atoms with Gasteiger partial charge in [0.1, 0.15) is 19.3 Å². The van der Waals surface area contributed by atoms with Gasteiger partial charge in [-0.1, -0.05) is 0 Å². The quantitative estimate of drug-likeness (QED) is 0.372. The number of non-ortho nitro benzene ring substituents is 2. The highest BCUT2D eigenvalue weighted by molar-refractivity contribution is 5.81. The molecule has 0 aromatic heterocycles. The molecule has 1 amide bonds. The molecule has 1 aliphatic rings. The summed E-state index contributed by atoms with van der Waals surface area (Å²) in [5.74, 6) is -0.687. The fourth-order valence-electron chi connectivity index (χ4n) is 3.30. The van der Waals surface area contributed by atoms with Crippen molar-refractivity contribution < 1.29 is 34.0 Å². The van der Waals surface area contributed by atoms with Crippen molar-refractivity contribution in [1.29, 1.82) is 0 Å². The molecule has 12 nitrogen and oxygen atoms in total. The zero-order chi connectivity index (χ0) is 24.0. The van der Waals surface area contributed by atoms with Crippen LogP contribution in [0.2, 0.25) is 0 Å². The molecule has 174 valence electrons. The Labute approximate surface area is 187 Å². The molecule has 0 bridgehead atoms. The number of β-amino-alcohol motifs (C(OH)–C–C–N with tert-alkyl or cyclic N) is 1. The molecule has 1 N–H and O–H groups in total. The number of amides is 1. The zero-order valence-electron chi connectivity index (χ0n) is 17.4. The van der Waals surface area contributed by atoms with E-state index in [4.69, 9.17) is 9.47 Å². The first kappa shape index (κ1) is 23.6. The van der Waals surface area contributed by atoms with Crippen molar-refractivity contribution in [3.8, 4) is 0 Å². The van der Waals surface area contributed by atoms with E-state index in [1.54, 1.807) is 0 Å². The number of nitro groups is 2. The molecular formula is C21H21N3O9. The Morgan fingerprint density at radius 2 is 1.36 bits per heavy atom. The summed E-state index contributed by atoms with van der Waals surface area (Å²) in [5.41, 5.74) is 0.870. The molecule has 33 heavy (non-hydrogen) atoms. The minimum absolute atomic E-state index is 0.0895. The number of ether oxygens (including phenoxy) is 2. The van der Waals surface area contributed by atoms with Crippen LogP contribution >= 0.6 is 0 Å². The lowest BCUT2D eigenvalue weighted by Gasteiger charge is -2.35. The lowest BCUT2D eigenvalue weighted by Crippen LogP contribution is -2.52. The van der Waals surface area contributed by atoms with Crippen molar-refractivity contribution in [2.75, 3.05) is 6.54 Å². The van der Waals surface area contributed by atoms with Crippen LogP contribution < -0.4 is 0 Å². The summed E-state index contributed by atoms with van der Waals surface area (Å²) in [7, 11) is 0. The number of carbonyl (C=O) groups is 2. The van der Waals surface area contributed by atoms with Gasteiger partial charge in [-0.3, -0.25) is 25.1 Å².